The SMILES string of the molecule is CC(C)c1ccccc1N1CCCS/C1=N\C(=O)NC1CCCC1c1ccc(-c2ncn(-c3ccc(OC(F)(F)F)cc3)n2)cc1. The van der Waals surface area contributed by atoms with E-state index < -0.39 is 6.36 Å². The van der Waals surface area contributed by atoms with Gasteiger partial charge in [-0.2, -0.15) is 4.99 Å². The van der Waals surface area contributed by atoms with E-state index in [-0.39, 0.29) is 23.7 Å². The smallest absolute Gasteiger partial charge is 0.406 e. The van der Waals surface area contributed by atoms with Gasteiger partial charge in [-0.1, -0.05) is 74.5 Å². The summed E-state index contributed by atoms with van der Waals surface area (Å²) in [5.41, 5.74) is 4.84. The lowest BCUT2D eigenvalue weighted by atomic mass is 9.93. The van der Waals surface area contributed by atoms with Crippen LogP contribution in [0.4, 0.5) is 23.7 Å². The molecule has 3 aromatic carbocycles. The molecule has 46 heavy (non-hydrogen) atoms. The molecule has 12 heteroatoms. The summed E-state index contributed by atoms with van der Waals surface area (Å²) < 4.78 is 42.8. The number of alkyl halides is 3. The Morgan fingerprint density at radius 2 is 1.78 bits per heavy atom. The summed E-state index contributed by atoms with van der Waals surface area (Å²) in [5, 5.41) is 8.45. The first kappa shape index (κ1) is 31.7. The number of halogens is 3. The lowest BCUT2D eigenvalue weighted by Gasteiger charge is -2.32. The van der Waals surface area contributed by atoms with Crippen molar-refractivity contribution in [2.24, 2.45) is 4.99 Å². The van der Waals surface area contributed by atoms with Gasteiger partial charge in [-0.15, -0.1) is 18.3 Å². The molecule has 2 aliphatic rings. The van der Waals surface area contributed by atoms with Crippen LogP contribution in [-0.2, 0) is 0 Å². The number of carbonyl (C=O) groups excluding carboxylic acids is 1. The van der Waals surface area contributed by atoms with Gasteiger partial charge in [0.05, 0.1) is 5.69 Å². The third kappa shape index (κ3) is 7.38. The first-order valence-corrected chi connectivity index (χ1v) is 16.4. The predicted molar refractivity (Wildman–Crippen MR) is 175 cm³/mol. The Morgan fingerprint density at radius 1 is 1.02 bits per heavy atom. The van der Waals surface area contributed by atoms with E-state index in [4.69, 9.17) is 0 Å². The van der Waals surface area contributed by atoms with Crippen molar-refractivity contribution in [3.8, 4) is 22.8 Å². The van der Waals surface area contributed by atoms with Gasteiger partial charge in [0.15, 0.2) is 11.0 Å². The highest BCUT2D eigenvalue weighted by Gasteiger charge is 2.32. The number of rotatable bonds is 7. The van der Waals surface area contributed by atoms with Crippen molar-refractivity contribution < 1.29 is 22.7 Å². The highest BCUT2D eigenvalue weighted by Crippen LogP contribution is 2.36. The Labute approximate surface area is 270 Å². The van der Waals surface area contributed by atoms with Crippen LogP contribution in [0.15, 0.2) is 84.1 Å². The molecule has 2 fully saturated rings. The number of nitrogens with one attached hydrogen (secondary N) is 1. The van der Waals surface area contributed by atoms with Crippen LogP contribution in [0, 0.1) is 0 Å². The number of nitrogens with zero attached hydrogens (tertiary/aromatic N) is 5. The number of hydrogen-bond acceptors (Lipinski definition) is 5. The van der Waals surface area contributed by atoms with E-state index >= 15 is 0 Å². The maximum atomic E-state index is 13.3. The monoisotopic (exact) mass is 648 g/mol. The average molecular weight is 649 g/mol. The van der Waals surface area contributed by atoms with Crippen LogP contribution in [0.1, 0.15) is 62.5 Å². The largest absolute Gasteiger partial charge is 0.573 e. The van der Waals surface area contributed by atoms with Gasteiger partial charge in [0, 0.05) is 35.5 Å². The molecule has 1 N–H and O–H groups in total. The van der Waals surface area contributed by atoms with Crippen molar-refractivity contribution >= 4 is 28.6 Å². The summed E-state index contributed by atoms with van der Waals surface area (Å²) >= 11 is 1.63. The van der Waals surface area contributed by atoms with Crippen LogP contribution >= 0.6 is 11.8 Å². The number of aliphatic imine (C=N–C) groups is 1. The van der Waals surface area contributed by atoms with Gasteiger partial charge in [-0.05, 0) is 66.6 Å². The number of benzene rings is 3. The van der Waals surface area contributed by atoms with Crippen LogP contribution in [0.25, 0.3) is 17.1 Å². The fraction of sp³-hybridized carbons (Fsp3) is 0.353. The van der Waals surface area contributed by atoms with Crippen molar-refractivity contribution in [3.63, 3.8) is 0 Å². The van der Waals surface area contributed by atoms with Gasteiger partial charge < -0.3 is 15.0 Å². The third-order valence-corrected chi connectivity index (χ3v) is 9.35. The molecule has 2 amide bonds. The topological polar surface area (TPSA) is 84.6 Å². The molecule has 1 aliphatic heterocycles. The number of carbonyl (C=O) groups is 1. The van der Waals surface area contributed by atoms with Crippen LogP contribution in [-0.4, -0.2) is 50.7 Å². The Bertz CT molecular complexity index is 1690. The van der Waals surface area contributed by atoms with Gasteiger partial charge in [-0.25, -0.2) is 14.5 Å². The summed E-state index contributed by atoms with van der Waals surface area (Å²) in [6.07, 6.45) is 0.653. The van der Waals surface area contributed by atoms with Crippen molar-refractivity contribution in [2.45, 2.75) is 63.8 Å². The zero-order chi connectivity index (χ0) is 32.3. The number of hydrogen-bond donors (Lipinski definition) is 1. The molecule has 1 saturated carbocycles. The molecule has 0 spiro atoms. The Balaban J connectivity index is 1.12. The van der Waals surface area contributed by atoms with E-state index in [1.54, 1.807) is 11.8 Å². The van der Waals surface area contributed by atoms with Crippen molar-refractivity contribution in [2.75, 3.05) is 17.2 Å². The average Bonchev–Trinajstić information content (AvgIpc) is 3.71. The second-order valence-electron chi connectivity index (χ2n) is 11.7. The Morgan fingerprint density at radius 3 is 2.52 bits per heavy atom. The van der Waals surface area contributed by atoms with E-state index in [0.29, 0.717) is 17.4 Å². The minimum atomic E-state index is -4.75. The zero-order valence-corrected chi connectivity index (χ0v) is 26.4. The number of ether oxygens (including phenoxy) is 1. The molecule has 0 bridgehead atoms. The second-order valence-corrected chi connectivity index (χ2v) is 12.8. The first-order chi connectivity index (χ1) is 22.1. The molecule has 240 valence electrons. The molecule has 1 saturated heterocycles. The van der Waals surface area contributed by atoms with Crippen LogP contribution in [0.5, 0.6) is 5.75 Å². The van der Waals surface area contributed by atoms with E-state index in [1.807, 2.05) is 30.3 Å². The molecule has 1 aliphatic carbocycles. The van der Waals surface area contributed by atoms with Gasteiger partial charge in [0.25, 0.3) is 0 Å². The molecule has 6 rings (SSSR count). The molecule has 8 nitrogen and oxygen atoms in total. The zero-order valence-electron chi connectivity index (χ0n) is 25.6. The summed E-state index contributed by atoms with van der Waals surface area (Å²) in [6.45, 7) is 5.19. The number of urea groups is 1. The lowest BCUT2D eigenvalue weighted by Crippen LogP contribution is -2.39. The number of amidine groups is 1. The standard InChI is InChI=1S/C34H35F3N6O2S/c1-22(2)27-7-3-4-10-30(27)42-19-6-20-46-33(42)40-32(44)39-29-9-5-8-28(29)23-11-13-24(14-12-23)31-38-21-43(41-31)25-15-17-26(18-16-25)45-34(35,36)37/h3-4,7,10-18,21-22,28-29H,5-6,8-9,19-20H2,1-2H3,(H,39,44)/b40-33-. The summed E-state index contributed by atoms with van der Waals surface area (Å²) in [7, 11) is 0. The lowest BCUT2D eigenvalue weighted by molar-refractivity contribution is -0.274. The van der Waals surface area contributed by atoms with Gasteiger partial charge in [0.1, 0.15) is 12.1 Å². The first-order valence-electron chi connectivity index (χ1n) is 15.4. The van der Waals surface area contributed by atoms with E-state index in [2.05, 4.69) is 62.1 Å². The Kier molecular flexibility index (Phi) is 9.34. The van der Waals surface area contributed by atoms with Crippen LogP contribution < -0.4 is 15.0 Å². The van der Waals surface area contributed by atoms with Crippen LogP contribution in [0.2, 0.25) is 0 Å². The van der Waals surface area contributed by atoms with Crippen LogP contribution in [0.3, 0.4) is 0 Å². The summed E-state index contributed by atoms with van der Waals surface area (Å²) in [5.74, 6) is 1.64. The van der Waals surface area contributed by atoms with Gasteiger partial charge in [0.2, 0.25) is 0 Å². The van der Waals surface area contributed by atoms with E-state index in [9.17, 15) is 18.0 Å². The highest BCUT2D eigenvalue weighted by molar-refractivity contribution is 8.14. The fourth-order valence-electron chi connectivity index (χ4n) is 6.11. The minimum absolute atomic E-state index is 0.0191. The molecule has 1 aromatic heterocycles. The quantitative estimate of drug-likeness (QED) is 0.217. The van der Waals surface area contributed by atoms with Crippen molar-refractivity contribution in [3.05, 3.63) is 90.3 Å². The molecular formula is C34H35F3N6O2S. The van der Waals surface area contributed by atoms with Gasteiger partial charge in [-0.3, -0.25) is 0 Å². The van der Waals surface area contributed by atoms with Gasteiger partial charge >= 0.3 is 12.4 Å². The molecule has 2 unspecified atom stereocenters. The number of para-hydroxylation sites is 1. The number of thioether (sulfide) groups is 1. The number of amides is 2. The summed E-state index contributed by atoms with van der Waals surface area (Å²) in [6, 6.07) is 21.4. The predicted octanol–water partition coefficient (Wildman–Crippen LogP) is 8.30. The molecule has 4 aromatic rings. The maximum absolute atomic E-state index is 13.3. The fourth-order valence-corrected chi connectivity index (χ4v) is 7.06. The maximum Gasteiger partial charge on any atom is 0.573 e. The molecule has 0 radical (unpaired) electrons. The number of anilines is 1. The minimum Gasteiger partial charge on any atom is -0.406 e. The second kappa shape index (κ2) is 13.6. The van der Waals surface area contributed by atoms with Crippen molar-refractivity contribution in [1.29, 1.82) is 0 Å². The Hall–Kier alpha value is -4.32. The normalized spacial score (nSPS) is 19.5. The third-order valence-electron chi connectivity index (χ3n) is 8.28. The van der Waals surface area contributed by atoms with Crippen molar-refractivity contribution in [1.82, 2.24) is 20.1 Å². The summed E-state index contributed by atoms with van der Waals surface area (Å²) in [4.78, 5) is 24.4. The molecular weight excluding hydrogens is 613 g/mol. The molecule has 2 heterocycles. The van der Waals surface area contributed by atoms with E-state index in [1.165, 1.54) is 40.8 Å². The van der Waals surface area contributed by atoms with E-state index in [0.717, 1.165) is 60.0 Å². The molecule has 2 atom stereocenters. The highest BCUT2D eigenvalue weighted by atomic mass is 32.2. The number of aromatic nitrogens is 3.